The van der Waals surface area contributed by atoms with Crippen molar-refractivity contribution in [3.05, 3.63) is 18.2 Å². The predicted octanol–water partition coefficient (Wildman–Crippen LogP) is 2.99. The number of para-hydroxylation sites is 1. The summed E-state index contributed by atoms with van der Waals surface area (Å²) in [6, 6.07) is 5.72. The number of benzene rings is 1. The Morgan fingerprint density at radius 2 is 2.06 bits per heavy atom. The average molecular weight is 221 g/mol. The Bertz CT molecular complexity index is 348. The van der Waals surface area contributed by atoms with E-state index in [1.807, 2.05) is 18.2 Å². The zero-order valence-electron chi connectivity index (χ0n) is 9.74. The van der Waals surface area contributed by atoms with Gasteiger partial charge in [0.15, 0.2) is 0 Å². The molecule has 0 unspecified atom stereocenters. The molecule has 16 heavy (non-hydrogen) atoms. The number of rotatable bonds is 5. The second kappa shape index (κ2) is 5.10. The highest BCUT2D eigenvalue weighted by atomic mass is 16.5. The van der Waals surface area contributed by atoms with Crippen LogP contribution >= 0.6 is 0 Å². The molecule has 2 rings (SSSR count). The molecule has 0 spiro atoms. The van der Waals surface area contributed by atoms with Gasteiger partial charge in [-0.05, 0) is 37.8 Å². The topological polar surface area (TPSA) is 44.5 Å². The summed E-state index contributed by atoms with van der Waals surface area (Å²) in [7, 11) is 0. The summed E-state index contributed by atoms with van der Waals surface area (Å²) >= 11 is 0. The molecule has 0 aromatic heterocycles. The quantitative estimate of drug-likeness (QED) is 0.777. The molecule has 0 amide bonds. The molecule has 3 heteroatoms. The van der Waals surface area contributed by atoms with Gasteiger partial charge in [0, 0.05) is 0 Å². The van der Waals surface area contributed by atoms with Crippen molar-refractivity contribution in [3.8, 4) is 11.5 Å². The van der Waals surface area contributed by atoms with Crippen LogP contribution in [-0.4, -0.2) is 12.7 Å². The van der Waals surface area contributed by atoms with Gasteiger partial charge in [-0.25, -0.2) is 0 Å². The predicted molar refractivity (Wildman–Crippen MR) is 64.9 cm³/mol. The lowest BCUT2D eigenvalue weighted by Crippen LogP contribution is -2.25. The SMILES string of the molecule is CCCOc1cccc(OC2CCC2)c1N. The maximum Gasteiger partial charge on any atom is 0.146 e. The second-order valence-corrected chi connectivity index (χ2v) is 4.19. The van der Waals surface area contributed by atoms with Crippen molar-refractivity contribution in [2.24, 2.45) is 0 Å². The van der Waals surface area contributed by atoms with Crippen molar-refractivity contribution in [3.63, 3.8) is 0 Å². The Morgan fingerprint density at radius 1 is 1.31 bits per heavy atom. The van der Waals surface area contributed by atoms with E-state index in [-0.39, 0.29) is 0 Å². The van der Waals surface area contributed by atoms with Gasteiger partial charge in [-0.15, -0.1) is 0 Å². The molecule has 1 saturated carbocycles. The van der Waals surface area contributed by atoms with Gasteiger partial charge in [-0.2, -0.15) is 0 Å². The number of hydrogen-bond acceptors (Lipinski definition) is 3. The fourth-order valence-corrected chi connectivity index (χ4v) is 1.63. The summed E-state index contributed by atoms with van der Waals surface area (Å²) in [5.74, 6) is 1.50. The van der Waals surface area contributed by atoms with Crippen LogP contribution in [0.5, 0.6) is 11.5 Å². The highest BCUT2D eigenvalue weighted by molar-refractivity contribution is 5.62. The largest absolute Gasteiger partial charge is 0.491 e. The Labute approximate surface area is 96.5 Å². The lowest BCUT2D eigenvalue weighted by molar-refractivity contribution is 0.121. The minimum atomic E-state index is 0.351. The molecule has 1 fully saturated rings. The first-order valence-electron chi connectivity index (χ1n) is 5.99. The zero-order chi connectivity index (χ0) is 11.4. The number of anilines is 1. The third kappa shape index (κ3) is 2.40. The molecule has 3 nitrogen and oxygen atoms in total. The van der Waals surface area contributed by atoms with E-state index in [0.29, 0.717) is 18.4 Å². The lowest BCUT2D eigenvalue weighted by atomic mass is 9.96. The molecule has 88 valence electrons. The molecule has 0 atom stereocenters. The molecular weight excluding hydrogens is 202 g/mol. The Balaban J connectivity index is 2.05. The van der Waals surface area contributed by atoms with Crippen molar-refractivity contribution < 1.29 is 9.47 Å². The fraction of sp³-hybridized carbons (Fsp3) is 0.538. The summed E-state index contributed by atoms with van der Waals surface area (Å²) in [5.41, 5.74) is 6.63. The maximum absolute atomic E-state index is 6.00. The van der Waals surface area contributed by atoms with Gasteiger partial charge in [0.25, 0.3) is 0 Å². The summed E-state index contributed by atoms with van der Waals surface area (Å²) < 4.78 is 11.4. The summed E-state index contributed by atoms with van der Waals surface area (Å²) in [5, 5.41) is 0. The molecule has 1 aromatic carbocycles. The first kappa shape index (κ1) is 11.1. The Hall–Kier alpha value is -1.38. The highest BCUT2D eigenvalue weighted by Crippen LogP contribution is 2.34. The van der Waals surface area contributed by atoms with E-state index in [9.17, 15) is 0 Å². The van der Waals surface area contributed by atoms with E-state index in [1.54, 1.807) is 0 Å². The standard InChI is InChI=1S/C13H19NO2/c1-2-9-15-11-7-4-8-12(13(11)14)16-10-5-3-6-10/h4,7-8,10H,2-3,5-6,9,14H2,1H3. The van der Waals surface area contributed by atoms with Crippen molar-refractivity contribution >= 4 is 5.69 Å². The van der Waals surface area contributed by atoms with Crippen molar-refractivity contribution in [1.29, 1.82) is 0 Å². The fourth-order valence-electron chi connectivity index (χ4n) is 1.63. The summed E-state index contributed by atoms with van der Waals surface area (Å²) in [6.07, 6.45) is 4.87. The van der Waals surface area contributed by atoms with Crippen LogP contribution in [0.2, 0.25) is 0 Å². The van der Waals surface area contributed by atoms with Gasteiger partial charge in [0.05, 0.1) is 12.7 Å². The van der Waals surface area contributed by atoms with Crippen molar-refractivity contribution in [1.82, 2.24) is 0 Å². The van der Waals surface area contributed by atoms with Gasteiger partial charge < -0.3 is 15.2 Å². The van der Waals surface area contributed by atoms with Gasteiger partial charge in [-0.1, -0.05) is 13.0 Å². The lowest BCUT2D eigenvalue weighted by Gasteiger charge is -2.27. The number of nitrogen functional groups attached to an aromatic ring is 1. The third-order valence-corrected chi connectivity index (χ3v) is 2.83. The van der Waals surface area contributed by atoms with Gasteiger partial charge >= 0.3 is 0 Å². The molecule has 0 bridgehead atoms. The highest BCUT2D eigenvalue weighted by Gasteiger charge is 2.20. The zero-order valence-corrected chi connectivity index (χ0v) is 9.74. The minimum absolute atomic E-state index is 0.351. The van der Waals surface area contributed by atoms with Crippen molar-refractivity contribution in [2.45, 2.75) is 38.7 Å². The van der Waals surface area contributed by atoms with Crippen LogP contribution < -0.4 is 15.2 Å². The molecule has 1 aliphatic carbocycles. The third-order valence-electron chi connectivity index (χ3n) is 2.83. The van der Waals surface area contributed by atoms with Crippen LogP contribution in [0.3, 0.4) is 0 Å². The molecule has 0 aliphatic heterocycles. The minimum Gasteiger partial charge on any atom is -0.491 e. The molecule has 0 heterocycles. The molecule has 0 radical (unpaired) electrons. The van der Waals surface area contributed by atoms with Gasteiger partial charge in [-0.3, -0.25) is 0 Å². The van der Waals surface area contributed by atoms with Crippen LogP contribution in [0.25, 0.3) is 0 Å². The number of nitrogens with two attached hydrogens (primary N) is 1. The first-order valence-corrected chi connectivity index (χ1v) is 5.99. The van der Waals surface area contributed by atoms with Crippen LogP contribution in [0, 0.1) is 0 Å². The molecule has 1 aliphatic rings. The first-order chi connectivity index (χ1) is 7.81. The monoisotopic (exact) mass is 221 g/mol. The van der Waals surface area contributed by atoms with Crippen LogP contribution in [-0.2, 0) is 0 Å². The van der Waals surface area contributed by atoms with E-state index in [2.05, 4.69) is 6.92 Å². The van der Waals surface area contributed by atoms with E-state index >= 15 is 0 Å². The normalized spacial score (nSPS) is 15.6. The van der Waals surface area contributed by atoms with E-state index in [1.165, 1.54) is 6.42 Å². The average Bonchev–Trinajstić information content (AvgIpc) is 2.23. The summed E-state index contributed by atoms with van der Waals surface area (Å²) in [6.45, 7) is 2.77. The number of ether oxygens (including phenoxy) is 2. The van der Waals surface area contributed by atoms with Crippen molar-refractivity contribution in [2.75, 3.05) is 12.3 Å². The second-order valence-electron chi connectivity index (χ2n) is 4.19. The van der Waals surface area contributed by atoms with E-state index in [4.69, 9.17) is 15.2 Å². The van der Waals surface area contributed by atoms with Crippen LogP contribution in [0.1, 0.15) is 32.6 Å². The van der Waals surface area contributed by atoms with E-state index < -0.39 is 0 Å². The van der Waals surface area contributed by atoms with E-state index in [0.717, 1.165) is 30.8 Å². The summed E-state index contributed by atoms with van der Waals surface area (Å²) in [4.78, 5) is 0. The van der Waals surface area contributed by atoms with Gasteiger partial charge in [0.1, 0.15) is 17.2 Å². The number of hydrogen-bond donors (Lipinski definition) is 1. The molecule has 1 aromatic rings. The molecular formula is C13H19NO2. The maximum atomic E-state index is 6.00. The van der Waals surface area contributed by atoms with Crippen LogP contribution in [0.15, 0.2) is 18.2 Å². The molecule has 0 saturated heterocycles. The van der Waals surface area contributed by atoms with Crippen LogP contribution in [0.4, 0.5) is 5.69 Å². The Morgan fingerprint density at radius 3 is 2.69 bits per heavy atom. The van der Waals surface area contributed by atoms with Gasteiger partial charge in [0.2, 0.25) is 0 Å². The Kier molecular flexibility index (Phi) is 3.54. The molecule has 2 N–H and O–H groups in total. The smallest absolute Gasteiger partial charge is 0.146 e.